The van der Waals surface area contributed by atoms with Crippen LogP contribution in [-0.4, -0.2) is 0 Å². The second-order valence-electron chi connectivity index (χ2n) is 1.86. The van der Waals surface area contributed by atoms with Gasteiger partial charge in [0.25, 0.3) is 0 Å². The number of hydrogen-bond donors (Lipinski definition) is 0. The van der Waals surface area contributed by atoms with E-state index >= 15 is 0 Å². The first-order valence-corrected chi connectivity index (χ1v) is 3.35. The van der Waals surface area contributed by atoms with Gasteiger partial charge in [-0.1, -0.05) is 23.8 Å². The van der Waals surface area contributed by atoms with Crippen molar-refractivity contribution in [3.8, 4) is 0 Å². The lowest BCUT2D eigenvalue weighted by Crippen LogP contribution is -1.65. The minimum atomic E-state index is 0.538. The summed E-state index contributed by atoms with van der Waals surface area (Å²) in [5.74, 6) is 0. The molecule has 2 heteroatoms. The first kappa shape index (κ1) is 9.44. The van der Waals surface area contributed by atoms with Crippen molar-refractivity contribution in [3.05, 3.63) is 35.2 Å². The van der Waals surface area contributed by atoms with Gasteiger partial charge in [0.2, 0.25) is 0 Å². The first-order valence-electron chi connectivity index (χ1n) is 2.97. The molecule has 0 bridgehead atoms. The molecular weight excluding hydrogens is 151 g/mol. The largest absolute Gasteiger partial charge is 0.215 e. The molecule has 0 aromatic rings. The van der Waals surface area contributed by atoms with E-state index in [1.807, 2.05) is 6.92 Å². The normalized spacial score (nSPS) is 14.8. The van der Waals surface area contributed by atoms with Gasteiger partial charge in [0.05, 0.1) is 6.33 Å². The van der Waals surface area contributed by atoms with Crippen LogP contribution in [-0.2, 0) is 0 Å². The highest BCUT2D eigenvalue weighted by atomic mass is 35.5. The van der Waals surface area contributed by atoms with Gasteiger partial charge in [0.1, 0.15) is 0 Å². The maximum Gasteiger partial charge on any atom is 0.0896 e. The fourth-order valence-corrected chi connectivity index (χ4v) is 0.407. The van der Waals surface area contributed by atoms with Gasteiger partial charge in [0, 0.05) is 5.03 Å². The predicted octanol–water partition coefficient (Wildman–Crippen LogP) is 3.56. The summed E-state index contributed by atoms with van der Waals surface area (Å²) >= 11 is 5.59. The van der Waals surface area contributed by atoms with Crippen molar-refractivity contribution in [1.29, 1.82) is 0 Å². The molecule has 56 valence electrons. The number of halogens is 2. The monoisotopic (exact) mass is 160 g/mol. The Morgan fingerprint density at radius 2 is 2.00 bits per heavy atom. The van der Waals surface area contributed by atoms with Crippen LogP contribution in [0.1, 0.15) is 13.8 Å². The lowest BCUT2D eigenvalue weighted by molar-refractivity contribution is 0.713. The standard InChI is InChI=1S/C8H10ClF/c1-3-8(9)5-4-7(2)6-10/h3-6H,1-2H3/b5-4-,7-6+,8-3+. The van der Waals surface area contributed by atoms with Gasteiger partial charge in [-0.05, 0) is 25.5 Å². The highest BCUT2D eigenvalue weighted by Crippen LogP contribution is 2.04. The van der Waals surface area contributed by atoms with Crippen molar-refractivity contribution in [3.63, 3.8) is 0 Å². The average Bonchev–Trinajstić information content (AvgIpc) is 1.99. The van der Waals surface area contributed by atoms with E-state index in [1.54, 1.807) is 25.2 Å². The molecule has 0 nitrogen and oxygen atoms in total. The van der Waals surface area contributed by atoms with Crippen LogP contribution >= 0.6 is 11.6 Å². The Morgan fingerprint density at radius 3 is 2.40 bits per heavy atom. The molecule has 10 heavy (non-hydrogen) atoms. The minimum Gasteiger partial charge on any atom is -0.215 e. The van der Waals surface area contributed by atoms with Crippen molar-refractivity contribution < 1.29 is 4.39 Å². The molecule has 0 saturated carbocycles. The molecule has 0 atom stereocenters. The molecule has 0 rings (SSSR count). The Morgan fingerprint density at radius 1 is 1.40 bits per heavy atom. The fraction of sp³-hybridized carbons (Fsp3) is 0.250. The molecule has 0 spiro atoms. The van der Waals surface area contributed by atoms with E-state index in [0.29, 0.717) is 16.9 Å². The van der Waals surface area contributed by atoms with Crippen molar-refractivity contribution in [2.75, 3.05) is 0 Å². The molecule has 0 radical (unpaired) electrons. The second-order valence-corrected chi connectivity index (χ2v) is 2.30. The van der Waals surface area contributed by atoms with Gasteiger partial charge in [-0.3, -0.25) is 0 Å². The van der Waals surface area contributed by atoms with E-state index in [1.165, 1.54) is 0 Å². The molecule has 0 N–H and O–H groups in total. The Hall–Kier alpha value is -0.560. The van der Waals surface area contributed by atoms with Crippen LogP contribution in [0.15, 0.2) is 35.2 Å². The van der Waals surface area contributed by atoms with Crippen molar-refractivity contribution >= 4 is 11.6 Å². The summed E-state index contributed by atoms with van der Waals surface area (Å²) in [6, 6.07) is 0. The van der Waals surface area contributed by atoms with Gasteiger partial charge in [0.15, 0.2) is 0 Å². The van der Waals surface area contributed by atoms with E-state index in [4.69, 9.17) is 11.6 Å². The summed E-state index contributed by atoms with van der Waals surface area (Å²) in [4.78, 5) is 0. The summed E-state index contributed by atoms with van der Waals surface area (Å²) in [5, 5.41) is 0.612. The topological polar surface area (TPSA) is 0 Å². The molecule has 0 fully saturated rings. The molecule has 0 heterocycles. The molecular formula is C8H10ClF. The van der Waals surface area contributed by atoms with Crippen LogP contribution in [0.4, 0.5) is 4.39 Å². The summed E-state index contributed by atoms with van der Waals surface area (Å²) in [5.41, 5.74) is 0.556. The second kappa shape index (κ2) is 5.24. The molecule has 0 unspecified atom stereocenters. The van der Waals surface area contributed by atoms with Crippen LogP contribution < -0.4 is 0 Å². The third-order valence-electron chi connectivity index (χ3n) is 0.953. The number of hydrogen-bond acceptors (Lipinski definition) is 0. The molecule has 0 saturated heterocycles. The highest BCUT2D eigenvalue weighted by molar-refractivity contribution is 6.31. The Bertz CT molecular complexity index is 158. The van der Waals surface area contributed by atoms with Crippen LogP contribution in [0.25, 0.3) is 0 Å². The number of allylic oxidation sites excluding steroid dienone is 5. The van der Waals surface area contributed by atoms with Gasteiger partial charge >= 0.3 is 0 Å². The molecule has 0 amide bonds. The van der Waals surface area contributed by atoms with E-state index < -0.39 is 0 Å². The zero-order valence-electron chi connectivity index (χ0n) is 6.07. The minimum absolute atomic E-state index is 0.538. The van der Waals surface area contributed by atoms with E-state index in [2.05, 4.69) is 0 Å². The molecule has 0 aliphatic rings. The molecule has 0 aliphatic heterocycles. The van der Waals surface area contributed by atoms with Gasteiger partial charge in [-0.2, -0.15) is 0 Å². The third-order valence-corrected chi connectivity index (χ3v) is 1.30. The first-order chi connectivity index (χ1) is 4.70. The predicted molar refractivity (Wildman–Crippen MR) is 43.6 cm³/mol. The lowest BCUT2D eigenvalue weighted by atomic mass is 10.3. The maximum absolute atomic E-state index is 11.7. The average molecular weight is 161 g/mol. The summed E-state index contributed by atoms with van der Waals surface area (Å²) in [7, 11) is 0. The van der Waals surface area contributed by atoms with Crippen LogP contribution in [0.2, 0.25) is 0 Å². The molecule has 0 aliphatic carbocycles. The molecule has 0 aromatic carbocycles. The summed E-state index contributed by atoms with van der Waals surface area (Å²) in [6.45, 7) is 3.48. The van der Waals surface area contributed by atoms with E-state index in [9.17, 15) is 4.39 Å². The van der Waals surface area contributed by atoms with E-state index in [-0.39, 0.29) is 0 Å². The van der Waals surface area contributed by atoms with Gasteiger partial charge in [-0.15, -0.1) is 0 Å². The zero-order valence-corrected chi connectivity index (χ0v) is 6.82. The number of rotatable bonds is 2. The van der Waals surface area contributed by atoms with Crippen molar-refractivity contribution in [1.82, 2.24) is 0 Å². The van der Waals surface area contributed by atoms with Crippen molar-refractivity contribution in [2.24, 2.45) is 0 Å². The highest BCUT2D eigenvalue weighted by Gasteiger charge is 1.81. The SMILES string of the molecule is C\C=C(Cl)/C=C\C(C)=C\F. The summed E-state index contributed by atoms with van der Waals surface area (Å²) in [6.07, 6.45) is 5.54. The lowest BCUT2D eigenvalue weighted by Gasteiger charge is -1.85. The van der Waals surface area contributed by atoms with Crippen LogP contribution in [0, 0.1) is 0 Å². The van der Waals surface area contributed by atoms with Crippen molar-refractivity contribution in [2.45, 2.75) is 13.8 Å². The quantitative estimate of drug-likeness (QED) is 0.542. The van der Waals surface area contributed by atoms with Crippen LogP contribution in [0.3, 0.4) is 0 Å². The molecule has 0 aromatic heterocycles. The Balaban J connectivity index is 4.01. The van der Waals surface area contributed by atoms with Gasteiger partial charge < -0.3 is 0 Å². The van der Waals surface area contributed by atoms with E-state index in [0.717, 1.165) is 0 Å². The Labute approximate surface area is 65.7 Å². The third kappa shape index (κ3) is 4.33. The smallest absolute Gasteiger partial charge is 0.0896 e. The van der Waals surface area contributed by atoms with Crippen LogP contribution in [0.5, 0.6) is 0 Å². The Kier molecular flexibility index (Phi) is 4.95. The zero-order chi connectivity index (χ0) is 7.98. The fourth-order valence-electron chi connectivity index (χ4n) is 0.344. The summed E-state index contributed by atoms with van der Waals surface area (Å²) < 4.78 is 11.7. The van der Waals surface area contributed by atoms with Gasteiger partial charge in [-0.25, -0.2) is 4.39 Å². The maximum atomic E-state index is 11.7.